The first kappa shape index (κ1) is 24.7. The standard InChI is InChI=1S/C25H23N2OS.C12H10N.Ir/c1-14-9-10-18-17-7-6-8-19(22(17)28-24(18)27-14)21-23-16(11-12-26-21)15(2)20(29-23)13-25(3,4)5;1-10-7-8-12(13-9-10)11-5-3-2-4-6-11;/h6-7,9-12H,13H2,1-5H3;2-5,7-9H,1H3;/q2*-1;/i1D3,13D2;;. The van der Waals surface area contributed by atoms with Crippen molar-refractivity contribution in [2.75, 3.05) is 0 Å². The molecule has 0 atom stereocenters. The zero-order valence-corrected chi connectivity index (χ0v) is 27.7. The van der Waals surface area contributed by atoms with Crippen molar-refractivity contribution in [3.63, 3.8) is 0 Å². The fraction of sp³-hybridized carbons (Fsp3) is 0.216. The molecule has 43 heavy (non-hydrogen) atoms. The largest absolute Gasteiger partial charge is 0.486 e. The zero-order valence-electron chi connectivity index (χ0n) is 29.5. The Morgan fingerprint density at radius 1 is 0.930 bits per heavy atom. The normalized spacial score (nSPS) is 13.7. The van der Waals surface area contributed by atoms with Crippen molar-refractivity contribution in [3.05, 3.63) is 113 Å². The molecule has 0 unspecified atom stereocenters. The Kier molecular flexibility index (Phi) is 7.18. The molecule has 6 heteroatoms. The Balaban J connectivity index is 0.000000270. The molecule has 0 aliphatic rings. The molecule has 4 nitrogen and oxygen atoms in total. The molecule has 0 saturated heterocycles. The molecule has 0 amide bonds. The minimum atomic E-state index is -2.33. The van der Waals surface area contributed by atoms with Gasteiger partial charge < -0.3 is 14.4 Å². The summed E-state index contributed by atoms with van der Waals surface area (Å²) < 4.78 is 47.5. The van der Waals surface area contributed by atoms with E-state index < -0.39 is 18.6 Å². The van der Waals surface area contributed by atoms with Crippen LogP contribution in [0.2, 0.25) is 0 Å². The summed E-state index contributed by atoms with van der Waals surface area (Å²) in [6.45, 7) is 7.36. The fourth-order valence-corrected chi connectivity index (χ4v) is 6.17. The number of hydrogen-bond donors (Lipinski definition) is 0. The number of benzene rings is 2. The van der Waals surface area contributed by atoms with Crippen molar-refractivity contribution in [1.29, 1.82) is 0 Å². The third-order valence-electron chi connectivity index (χ3n) is 6.77. The molecule has 0 saturated carbocycles. The van der Waals surface area contributed by atoms with E-state index in [4.69, 9.17) is 11.3 Å². The van der Waals surface area contributed by atoms with E-state index in [1.54, 1.807) is 18.3 Å². The molecular formula is C37H33IrN3OS-2. The summed E-state index contributed by atoms with van der Waals surface area (Å²) in [5.41, 5.74) is 5.58. The van der Waals surface area contributed by atoms with Gasteiger partial charge in [0.25, 0.3) is 0 Å². The zero-order chi connectivity index (χ0) is 33.7. The fourth-order valence-electron chi connectivity index (χ4n) is 4.76. The van der Waals surface area contributed by atoms with E-state index in [0.29, 0.717) is 21.7 Å². The van der Waals surface area contributed by atoms with Gasteiger partial charge in [0, 0.05) is 65.7 Å². The molecule has 5 heterocycles. The van der Waals surface area contributed by atoms with Crippen molar-refractivity contribution in [2.24, 2.45) is 5.41 Å². The number of rotatable bonds is 3. The predicted molar refractivity (Wildman–Crippen MR) is 175 cm³/mol. The maximum Gasteiger partial charge on any atom is 0.216 e. The third-order valence-corrected chi connectivity index (χ3v) is 8.00. The quantitative estimate of drug-likeness (QED) is 0.168. The molecule has 0 fully saturated rings. The molecule has 7 aromatic rings. The molecule has 0 N–H and O–H groups in total. The Morgan fingerprint density at radius 3 is 2.51 bits per heavy atom. The number of aryl methyl sites for hydroxylation is 3. The van der Waals surface area contributed by atoms with Crippen molar-refractivity contribution in [2.45, 2.75) is 47.8 Å². The maximum atomic E-state index is 8.82. The van der Waals surface area contributed by atoms with Gasteiger partial charge in [0.1, 0.15) is 0 Å². The van der Waals surface area contributed by atoms with Gasteiger partial charge in [-0.1, -0.05) is 43.9 Å². The van der Waals surface area contributed by atoms with E-state index in [-0.39, 0.29) is 31.5 Å². The van der Waals surface area contributed by atoms with Crippen LogP contribution >= 0.6 is 11.3 Å². The molecular weight excluding hydrogens is 727 g/mol. The number of aromatic nitrogens is 3. The molecule has 7 rings (SSSR count). The SMILES string of the molecule is Cc1ccc(-c2[c-]cccc2)nc1.[2H]C([2H])([2H])c1ccc2c(n1)oc1c(-c3nccc4c(C)c(C([2H])([2H])C(C)(C)C)sc34)[c-]ccc12.[Ir]. The van der Waals surface area contributed by atoms with Crippen LogP contribution in [0.15, 0.2) is 83.5 Å². The van der Waals surface area contributed by atoms with Crippen LogP contribution in [0.4, 0.5) is 0 Å². The predicted octanol–water partition coefficient (Wildman–Crippen LogP) is 10.1. The van der Waals surface area contributed by atoms with Gasteiger partial charge in [0.05, 0.1) is 5.58 Å². The first-order valence-electron chi connectivity index (χ1n) is 16.2. The number of fused-ring (bicyclic) bond motifs is 4. The van der Waals surface area contributed by atoms with E-state index in [0.717, 1.165) is 37.7 Å². The first-order chi connectivity index (χ1) is 22.2. The van der Waals surface area contributed by atoms with Crippen LogP contribution in [0.5, 0.6) is 0 Å². The summed E-state index contributed by atoms with van der Waals surface area (Å²) in [7, 11) is 0. The molecule has 0 spiro atoms. The Morgan fingerprint density at radius 2 is 1.79 bits per heavy atom. The third kappa shape index (κ3) is 6.47. The Bertz CT molecular complexity index is 2220. The number of furan rings is 1. The summed E-state index contributed by atoms with van der Waals surface area (Å²) in [6.07, 6.45) is 2.06. The van der Waals surface area contributed by atoms with Gasteiger partial charge in [0.2, 0.25) is 5.71 Å². The molecule has 1 radical (unpaired) electrons. The monoisotopic (exact) mass is 765 g/mol. The van der Waals surface area contributed by atoms with Gasteiger partial charge in [0.15, 0.2) is 0 Å². The van der Waals surface area contributed by atoms with Gasteiger partial charge in [-0.3, -0.25) is 0 Å². The molecule has 2 aromatic carbocycles. The van der Waals surface area contributed by atoms with Crippen molar-refractivity contribution in [3.8, 4) is 22.5 Å². The van der Waals surface area contributed by atoms with Gasteiger partial charge in [-0.05, 0) is 72.9 Å². The van der Waals surface area contributed by atoms with Crippen molar-refractivity contribution >= 4 is 43.5 Å². The van der Waals surface area contributed by atoms with Crippen LogP contribution < -0.4 is 0 Å². The number of thiophene rings is 1. The van der Waals surface area contributed by atoms with Crippen molar-refractivity contribution in [1.82, 2.24) is 15.0 Å². The van der Waals surface area contributed by atoms with E-state index >= 15 is 0 Å². The minimum absolute atomic E-state index is 0. The van der Waals surface area contributed by atoms with Crippen LogP contribution in [0.3, 0.4) is 0 Å². The van der Waals surface area contributed by atoms with Crippen molar-refractivity contribution < 1.29 is 31.4 Å². The minimum Gasteiger partial charge on any atom is -0.486 e. The van der Waals surface area contributed by atoms with Crippen LogP contribution in [-0.2, 0) is 26.5 Å². The van der Waals surface area contributed by atoms with Crippen LogP contribution in [0, 0.1) is 38.2 Å². The number of pyridine rings is 3. The smallest absolute Gasteiger partial charge is 0.216 e. The van der Waals surface area contributed by atoms with E-state index in [9.17, 15) is 0 Å². The first-order valence-corrected chi connectivity index (χ1v) is 14.5. The average Bonchev–Trinajstić information content (AvgIpc) is 3.59. The second-order valence-corrected chi connectivity index (χ2v) is 12.2. The maximum absolute atomic E-state index is 8.82. The molecule has 5 aromatic heterocycles. The van der Waals surface area contributed by atoms with Gasteiger partial charge in [-0.25, -0.2) is 4.98 Å². The van der Waals surface area contributed by atoms with Crippen LogP contribution in [-0.4, -0.2) is 15.0 Å². The topological polar surface area (TPSA) is 51.8 Å². The molecule has 219 valence electrons. The summed E-state index contributed by atoms with van der Waals surface area (Å²) >= 11 is 1.41. The van der Waals surface area contributed by atoms with E-state index in [1.807, 2.05) is 83.3 Å². The van der Waals surface area contributed by atoms with E-state index in [2.05, 4.69) is 33.2 Å². The second-order valence-electron chi connectivity index (χ2n) is 11.2. The summed E-state index contributed by atoms with van der Waals surface area (Å²) in [6, 6.07) is 27.1. The molecule has 0 bridgehead atoms. The molecule has 0 aliphatic carbocycles. The summed E-state index contributed by atoms with van der Waals surface area (Å²) in [5.74, 6) is 0. The number of hydrogen-bond acceptors (Lipinski definition) is 5. The van der Waals surface area contributed by atoms with Crippen LogP contribution in [0.1, 0.15) is 49.3 Å². The number of nitrogens with zero attached hydrogens (tertiary/aromatic N) is 3. The van der Waals surface area contributed by atoms with Gasteiger partial charge >= 0.3 is 0 Å². The Hall–Kier alpha value is -3.70. The summed E-state index contributed by atoms with van der Waals surface area (Å²) in [5, 5.41) is 2.46. The summed E-state index contributed by atoms with van der Waals surface area (Å²) in [4.78, 5) is 13.9. The second kappa shape index (κ2) is 12.5. The Labute approximate surface area is 277 Å². The van der Waals surface area contributed by atoms with E-state index in [1.165, 1.54) is 23.0 Å². The van der Waals surface area contributed by atoms with Gasteiger partial charge in [-0.2, -0.15) is 0 Å². The van der Waals surface area contributed by atoms with Gasteiger partial charge in [-0.15, -0.1) is 65.4 Å². The molecule has 0 aliphatic heterocycles. The average molecular weight is 765 g/mol. The van der Waals surface area contributed by atoms with Crippen LogP contribution in [0.25, 0.3) is 54.7 Å².